The second-order valence-corrected chi connectivity index (χ2v) is 9.15. The molecule has 0 bridgehead atoms. The van der Waals surface area contributed by atoms with Gasteiger partial charge < -0.3 is 15.0 Å². The highest BCUT2D eigenvalue weighted by atomic mass is 32.2. The topological polar surface area (TPSA) is 124 Å². The van der Waals surface area contributed by atoms with Crippen LogP contribution < -0.4 is 5.69 Å². The molecule has 1 saturated heterocycles. The van der Waals surface area contributed by atoms with E-state index in [2.05, 4.69) is 9.97 Å². The van der Waals surface area contributed by atoms with Gasteiger partial charge in [0.2, 0.25) is 15.9 Å². The SMILES string of the molecule is Cc1nc(=O)[nH]c(C)c1CCC(=O)N1C[C@@H](CS(=O)(=O)N(C)C)[C@H](O)C1. The molecular weight excluding hydrogens is 360 g/mol. The molecule has 1 aliphatic rings. The van der Waals surface area contributed by atoms with E-state index in [1.165, 1.54) is 19.0 Å². The first kappa shape index (κ1) is 20.5. The van der Waals surface area contributed by atoms with Crippen LogP contribution in [0.25, 0.3) is 0 Å². The third-order valence-corrected chi connectivity index (χ3v) is 6.74. The molecule has 1 aromatic heterocycles. The van der Waals surface area contributed by atoms with Gasteiger partial charge in [-0.3, -0.25) is 4.79 Å². The summed E-state index contributed by atoms with van der Waals surface area (Å²) < 4.78 is 25.1. The van der Waals surface area contributed by atoms with Crippen molar-refractivity contribution in [2.45, 2.75) is 32.8 Å². The maximum atomic E-state index is 12.5. The van der Waals surface area contributed by atoms with Crippen LogP contribution in [0.2, 0.25) is 0 Å². The minimum Gasteiger partial charge on any atom is -0.391 e. The fourth-order valence-electron chi connectivity index (χ4n) is 3.15. The van der Waals surface area contributed by atoms with Crippen molar-refractivity contribution in [1.29, 1.82) is 0 Å². The number of nitrogens with zero attached hydrogens (tertiary/aromatic N) is 3. The van der Waals surface area contributed by atoms with Crippen LogP contribution in [-0.2, 0) is 21.2 Å². The molecule has 1 fully saturated rings. The predicted octanol–water partition coefficient (Wildman–Crippen LogP) is -0.970. The zero-order valence-corrected chi connectivity index (χ0v) is 16.3. The zero-order valence-electron chi connectivity index (χ0n) is 15.5. The Bertz CT molecular complexity index is 807. The summed E-state index contributed by atoms with van der Waals surface area (Å²) in [5.74, 6) is -0.837. The molecule has 9 nitrogen and oxygen atoms in total. The Labute approximate surface area is 153 Å². The van der Waals surface area contributed by atoms with Crippen molar-refractivity contribution in [1.82, 2.24) is 19.2 Å². The molecular formula is C16H26N4O5S. The van der Waals surface area contributed by atoms with Gasteiger partial charge in [-0.25, -0.2) is 17.5 Å². The second kappa shape index (κ2) is 7.85. The van der Waals surface area contributed by atoms with E-state index in [9.17, 15) is 23.1 Å². The van der Waals surface area contributed by atoms with Crippen molar-refractivity contribution >= 4 is 15.9 Å². The van der Waals surface area contributed by atoms with E-state index < -0.39 is 27.7 Å². The number of β-amino-alcohol motifs (C(OH)–C–C–N with tert-alkyl or cyclic N) is 1. The number of hydrogen-bond acceptors (Lipinski definition) is 6. The summed E-state index contributed by atoms with van der Waals surface area (Å²) in [7, 11) is -0.547. The van der Waals surface area contributed by atoms with E-state index >= 15 is 0 Å². The number of carbonyl (C=O) groups is 1. The van der Waals surface area contributed by atoms with Gasteiger partial charge in [-0.1, -0.05) is 0 Å². The first-order valence-electron chi connectivity index (χ1n) is 8.43. The summed E-state index contributed by atoms with van der Waals surface area (Å²) in [6.45, 7) is 3.84. The van der Waals surface area contributed by atoms with Gasteiger partial charge in [0.1, 0.15) is 0 Å². The van der Waals surface area contributed by atoms with Crippen LogP contribution in [0.1, 0.15) is 23.4 Å². The monoisotopic (exact) mass is 386 g/mol. The van der Waals surface area contributed by atoms with Crippen molar-refractivity contribution in [2.24, 2.45) is 5.92 Å². The summed E-state index contributed by atoms with van der Waals surface area (Å²) in [6.07, 6.45) is -0.227. The molecule has 10 heteroatoms. The summed E-state index contributed by atoms with van der Waals surface area (Å²) in [4.78, 5) is 31.8. The average Bonchev–Trinajstić information content (AvgIpc) is 2.86. The van der Waals surface area contributed by atoms with Crippen LogP contribution >= 0.6 is 0 Å². The average molecular weight is 386 g/mol. The van der Waals surface area contributed by atoms with Gasteiger partial charge in [0, 0.05) is 50.9 Å². The maximum absolute atomic E-state index is 12.5. The fraction of sp³-hybridized carbons (Fsp3) is 0.688. The molecule has 0 unspecified atom stereocenters. The number of nitrogens with one attached hydrogen (secondary N) is 1. The molecule has 2 rings (SSSR count). The molecule has 1 aromatic rings. The molecule has 0 aromatic carbocycles. The molecule has 2 heterocycles. The molecule has 2 N–H and O–H groups in total. The molecule has 1 aliphatic heterocycles. The molecule has 0 saturated carbocycles. The molecule has 26 heavy (non-hydrogen) atoms. The number of carbonyl (C=O) groups excluding carboxylic acids is 1. The Kier molecular flexibility index (Phi) is 6.20. The number of amides is 1. The lowest BCUT2D eigenvalue weighted by Crippen LogP contribution is -2.33. The number of likely N-dealkylation sites (tertiary alicyclic amines) is 1. The molecule has 146 valence electrons. The number of sulfonamides is 1. The maximum Gasteiger partial charge on any atom is 0.345 e. The number of H-pyrrole nitrogens is 1. The van der Waals surface area contributed by atoms with E-state index in [0.717, 1.165) is 9.87 Å². The van der Waals surface area contributed by atoms with Crippen LogP contribution in [0.5, 0.6) is 0 Å². The van der Waals surface area contributed by atoms with Crippen molar-refractivity contribution in [3.8, 4) is 0 Å². The van der Waals surface area contributed by atoms with Gasteiger partial charge in [0.25, 0.3) is 0 Å². The van der Waals surface area contributed by atoms with Crippen LogP contribution in [0, 0.1) is 19.8 Å². The van der Waals surface area contributed by atoms with Crippen LogP contribution in [0.15, 0.2) is 4.79 Å². The molecule has 1 amide bonds. The Hall–Kier alpha value is -1.78. The number of aromatic nitrogens is 2. The van der Waals surface area contributed by atoms with E-state index in [4.69, 9.17) is 0 Å². The zero-order chi connectivity index (χ0) is 19.6. The minimum atomic E-state index is -3.44. The van der Waals surface area contributed by atoms with Crippen molar-refractivity contribution < 1.29 is 18.3 Å². The van der Waals surface area contributed by atoms with Crippen molar-refractivity contribution in [2.75, 3.05) is 32.9 Å². The molecule has 2 atom stereocenters. The summed E-state index contributed by atoms with van der Waals surface area (Å²) >= 11 is 0. The highest BCUT2D eigenvalue weighted by molar-refractivity contribution is 7.89. The lowest BCUT2D eigenvalue weighted by atomic mass is 10.1. The van der Waals surface area contributed by atoms with Gasteiger partial charge in [0.15, 0.2) is 0 Å². The van der Waals surface area contributed by atoms with Gasteiger partial charge in [-0.2, -0.15) is 4.98 Å². The third kappa shape index (κ3) is 4.68. The Balaban J connectivity index is 1.98. The lowest BCUT2D eigenvalue weighted by molar-refractivity contribution is -0.130. The number of rotatable bonds is 6. The first-order chi connectivity index (χ1) is 12.0. The first-order valence-corrected chi connectivity index (χ1v) is 10.0. The largest absolute Gasteiger partial charge is 0.391 e. The number of aliphatic hydroxyl groups excluding tert-OH is 1. The van der Waals surface area contributed by atoms with Gasteiger partial charge >= 0.3 is 5.69 Å². The second-order valence-electron chi connectivity index (χ2n) is 6.92. The Morgan fingerprint density at radius 1 is 1.35 bits per heavy atom. The molecule has 0 aliphatic carbocycles. The van der Waals surface area contributed by atoms with Crippen LogP contribution in [-0.4, -0.2) is 77.6 Å². The van der Waals surface area contributed by atoms with Gasteiger partial charge in [-0.05, 0) is 25.8 Å². The van der Waals surface area contributed by atoms with Crippen LogP contribution in [0.4, 0.5) is 0 Å². The molecule has 0 radical (unpaired) electrons. The van der Waals surface area contributed by atoms with Crippen LogP contribution in [0.3, 0.4) is 0 Å². The standard InChI is InChI=1S/C16H26N4O5S/c1-10-13(11(2)18-16(23)17-10)5-6-15(22)20-7-12(14(21)8-20)9-26(24,25)19(3)4/h12,14,21H,5-9H2,1-4H3,(H,17,18,23)/t12-,14+/m0/s1. The smallest absolute Gasteiger partial charge is 0.345 e. The van der Waals surface area contributed by atoms with E-state index in [1.54, 1.807) is 13.8 Å². The summed E-state index contributed by atoms with van der Waals surface area (Å²) in [6, 6.07) is 0. The molecule has 0 spiro atoms. The summed E-state index contributed by atoms with van der Waals surface area (Å²) in [5, 5.41) is 10.1. The summed E-state index contributed by atoms with van der Waals surface area (Å²) in [5.41, 5.74) is 1.69. The van der Waals surface area contributed by atoms with Gasteiger partial charge in [-0.15, -0.1) is 0 Å². The number of hydrogen-bond donors (Lipinski definition) is 2. The predicted molar refractivity (Wildman–Crippen MR) is 96.2 cm³/mol. The highest BCUT2D eigenvalue weighted by Gasteiger charge is 2.37. The van der Waals surface area contributed by atoms with E-state index in [0.29, 0.717) is 17.8 Å². The van der Waals surface area contributed by atoms with E-state index in [-0.39, 0.29) is 31.2 Å². The third-order valence-electron chi connectivity index (χ3n) is 4.78. The Morgan fingerprint density at radius 3 is 2.58 bits per heavy atom. The van der Waals surface area contributed by atoms with Gasteiger partial charge in [0.05, 0.1) is 11.9 Å². The number of aliphatic hydroxyl groups is 1. The lowest BCUT2D eigenvalue weighted by Gasteiger charge is -2.18. The van der Waals surface area contributed by atoms with Crippen molar-refractivity contribution in [3.05, 3.63) is 27.4 Å². The van der Waals surface area contributed by atoms with Crippen molar-refractivity contribution in [3.63, 3.8) is 0 Å². The Morgan fingerprint density at radius 2 is 2.00 bits per heavy atom. The quantitative estimate of drug-likeness (QED) is 0.648. The fourth-order valence-corrected chi connectivity index (χ4v) is 4.32. The van der Waals surface area contributed by atoms with E-state index in [1.807, 2.05) is 0 Å². The number of aryl methyl sites for hydroxylation is 2. The minimum absolute atomic E-state index is 0.133. The normalized spacial score (nSPS) is 20.8. The number of aromatic amines is 1. The highest BCUT2D eigenvalue weighted by Crippen LogP contribution is 2.21.